The number of benzene rings is 2. The lowest BCUT2D eigenvalue weighted by atomic mass is 9.99. The van der Waals surface area contributed by atoms with Crippen molar-refractivity contribution in [3.63, 3.8) is 0 Å². The Bertz CT molecular complexity index is 1270. The maximum absolute atomic E-state index is 13.3. The largest absolute Gasteiger partial charge is 0.491 e. The number of rotatable bonds is 4. The van der Waals surface area contributed by atoms with Gasteiger partial charge in [-0.3, -0.25) is 14.7 Å². The van der Waals surface area contributed by atoms with Crippen LogP contribution >= 0.6 is 0 Å². The maximum Gasteiger partial charge on any atom is 0.326 e. The van der Waals surface area contributed by atoms with Crippen molar-refractivity contribution in [2.45, 2.75) is 38.4 Å². The molecule has 1 aromatic heterocycles. The fourth-order valence-corrected chi connectivity index (χ4v) is 5.18. The molecular formula is C30H33N3O5. The van der Waals surface area contributed by atoms with E-state index in [0.29, 0.717) is 56.9 Å². The predicted molar refractivity (Wildman–Crippen MR) is 142 cm³/mol. The summed E-state index contributed by atoms with van der Waals surface area (Å²) in [6.45, 7) is 4.16. The van der Waals surface area contributed by atoms with Gasteiger partial charge < -0.3 is 19.5 Å². The Morgan fingerprint density at radius 2 is 1.87 bits per heavy atom. The summed E-state index contributed by atoms with van der Waals surface area (Å²) in [6.07, 6.45) is 3.59. The van der Waals surface area contributed by atoms with Gasteiger partial charge in [-0.1, -0.05) is 30.3 Å². The Kier molecular flexibility index (Phi) is 8.31. The number of amides is 1. The quantitative estimate of drug-likeness (QED) is 0.566. The Morgan fingerprint density at radius 3 is 2.71 bits per heavy atom. The first-order valence-electron chi connectivity index (χ1n) is 13.1. The van der Waals surface area contributed by atoms with Gasteiger partial charge in [0.15, 0.2) is 0 Å². The van der Waals surface area contributed by atoms with E-state index in [2.05, 4.69) is 34.1 Å². The topological polar surface area (TPSA) is 92.2 Å². The van der Waals surface area contributed by atoms with E-state index in [9.17, 15) is 14.7 Å². The molecule has 0 aliphatic carbocycles. The number of ether oxygens (including phenoxy) is 2. The predicted octanol–water partition coefficient (Wildman–Crippen LogP) is 3.77. The summed E-state index contributed by atoms with van der Waals surface area (Å²) >= 11 is 0. The number of likely N-dealkylation sites (tertiary alicyclic amines) is 1. The van der Waals surface area contributed by atoms with Crippen LogP contribution in [0.3, 0.4) is 0 Å². The third-order valence-electron chi connectivity index (χ3n) is 7.05. The molecule has 8 heteroatoms. The Balaban J connectivity index is 1.40. The van der Waals surface area contributed by atoms with E-state index in [-0.39, 0.29) is 5.91 Å². The van der Waals surface area contributed by atoms with E-state index in [1.54, 1.807) is 6.07 Å². The van der Waals surface area contributed by atoms with Crippen LogP contribution in [0.4, 0.5) is 0 Å². The molecule has 2 bridgehead atoms. The highest BCUT2D eigenvalue weighted by Crippen LogP contribution is 2.27. The van der Waals surface area contributed by atoms with Crippen LogP contribution < -0.4 is 4.74 Å². The second-order valence-corrected chi connectivity index (χ2v) is 9.81. The third kappa shape index (κ3) is 6.38. The zero-order valence-electron chi connectivity index (χ0n) is 21.4. The molecule has 1 unspecified atom stereocenters. The van der Waals surface area contributed by atoms with Gasteiger partial charge in [0.2, 0.25) is 0 Å². The molecule has 2 aliphatic rings. The first-order valence-corrected chi connectivity index (χ1v) is 13.1. The van der Waals surface area contributed by atoms with Crippen molar-refractivity contribution < 1.29 is 24.2 Å². The number of nitrogens with zero attached hydrogens (tertiary/aromatic N) is 3. The summed E-state index contributed by atoms with van der Waals surface area (Å²) in [5.41, 5.74) is 4.69. The average Bonchev–Trinajstić information content (AvgIpc) is 3.42. The number of fused-ring (bicyclic) bond motifs is 3. The summed E-state index contributed by atoms with van der Waals surface area (Å²) in [5.74, 6) is -0.494. The number of hydrogen-bond donors (Lipinski definition) is 1. The molecule has 3 heterocycles. The highest BCUT2D eigenvalue weighted by Gasteiger charge is 2.34. The first-order chi connectivity index (χ1) is 18.6. The molecule has 1 atom stereocenters. The van der Waals surface area contributed by atoms with Crippen LogP contribution in [-0.4, -0.2) is 70.7 Å². The average molecular weight is 516 g/mol. The lowest BCUT2D eigenvalue weighted by Crippen LogP contribution is -2.40. The number of pyridine rings is 1. The normalized spacial score (nSPS) is 18.7. The Labute approximate surface area is 222 Å². The number of carboxylic acids is 1. The summed E-state index contributed by atoms with van der Waals surface area (Å²) in [6, 6.07) is 19.0. The number of carboxylic acid groups (broad SMARTS) is 1. The number of aromatic nitrogens is 1. The third-order valence-corrected chi connectivity index (χ3v) is 7.05. The van der Waals surface area contributed by atoms with Crippen LogP contribution in [-0.2, 0) is 29.0 Å². The van der Waals surface area contributed by atoms with E-state index in [1.807, 2.05) is 36.5 Å². The molecule has 2 aliphatic heterocycles. The van der Waals surface area contributed by atoms with Crippen LogP contribution in [0.1, 0.15) is 45.6 Å². The molecule has 3 aromatic rings. The van der Waals surface area contributed by atoms with Crippen molar-refractivity contribution in [2.24, 2.45) is 0 Å². The van der Waals surface area contributed by atoms with Crippen molar-refractivity contribution in [1.82, 2.24) is 14.8 Å². The standard InChI is InChI=1S/C30H33N3O5/c34-29(33-12-4-8-27(33)30(35)36)24-9-10-28-25(19-24)18-22-5-3-6-23(17-22)20-32(13-14-37-15-16-38-28)21-26-7-1-2-11-31-26/h1-3,5-7,9-11,17,19,27H,4,8,12-16,18,20-21H2,(H,35,36). The molecular weight excluding hydrogens is 482 g/mol. The van der Waals surface area contributed by atoms with Crippen LogP contribution in [0.25, 0.3) is 0 Å². The lowest BCUT2D eigenvalue weighted by molar-refractivity contribution is -0.141. The fraction of sp³-hybridized carbons (Fsp3) is 0.367. The van der Waals surface area contributed by atoms with E-state index in [0.717, 1.165) is 36.5 Å². The zero-order chi connectivity index (χ0) is 26.3. The second kappa shape index (κ2) is 12.2. The van der Waals surface area contributed by atoms with Gasteiger partial charge in [-0.2, -0.15) is 0 Å². The van der Waals surface area contributed by atoms with Gasteiger partial charge in [0.05, 0.1) is 18.9 Å². The second-order valence-electron chi connectivity index (χ2n) is 9.81. The van der Waals surface area contributed by atoms with Crippen LogP contribution in [0.5, 0.6) is 5.75 Å². The Hall–Kier alpha value is -3.75. The van der Waals surface area contributed by atoms with Crippen molar-refractivity contribution in [2.75, 3.05) is 32.9 Å². The highest BCUT2D eigenvalue weighted by atomic mass is 16.5. The van der Waals surface area contributed by atoms with E-state index in [1.165, 1.54) is 10.5 Å². The fourth-order valence-electron chi connectivity index (χ4n) is 5.18. The van der Waals surface area contributed by atoms with Crippen molar-refractivity contribution in [3.05, 3.63) is 94.8 Å². The molecule has 1 N–H and O–H groups in total. The molecule has 2 aromatic carbocycles. The Morgan fingerprint density at radius 1 is 0.974 bits per heavy atom. The van der Waals surface area contributed by atoms with Crippen LogP contribution in [0, 0.1) is 0 Å². The number of carbonyl (C=O) groups excluding carboxylic acids is 1. The smallest absolute Gasteiger partial charge is 0.326 e. The van der Waals surface area contributed by atoms with Gasteiger partial charge in [-0.15, -0.1) is 0 Å². The molecule has 5 rings (SSSR count). The number of aliphatic carboxylic acids is 1. The molecule has 38 heavy (non-hydrogen) atoms. The summed E-state index contributed by atoms with van der Waals surface area (Å²) in [7, 11) is 0. The lowest BCUT2D eigenvalue weighted by Gasteiger charge is -2.23. The summed E-state index contributed by atoms with van der Waals surface area (Å²) in [4.78, 5) is 33.2. The molecule has 0 radical (unpaired) electrons. The number of hydrogen-bond acceptors (Lipinski definition) is 6. The molecule has 0 spiro atoms. The minimum absolute atomic E-state index is 0.251. The highest BCUT2D eigenvalue weighted by molar-refractivity contribution is 5.97. The summed E-state index contributed by atoms with van der Waals surface area (Å²) in [5, 5.41) is 9.54. The minimum atomic E-state index is -0.952. The maximum atomic E-state index is 13.3. The van der Waals surface area contributed by atoms with Crippen LogP contribution in [0.2, 0.25) is 0 Å². The van der Waals surface area contributed by atoms with E-state index in [4.69, 9.17) is 9.47 Å². The van der Waals surface area contributed by atoms with Crippen molar-refractivity contribution in [1.29, 1.82) is 0 Å². The van der Waals surface area contributed by atoms with Gasteiger partial charge >= 0.3 is 5.97 Å². The van der Waals surface area contributed by atoms with Gasteiger partial charge in [0, 0.05) is 44.4 Å². The first kappa shape index (κ1) is 25.9. The SMILES string of the molecule is O=C(O)C1CCCN1C(=O)c1ccc2c(c1)Cc1cccc(c1)CN(Cc1ccccn1)CCOCCO2. The molecule has 1 saturated heterocycles. The minimum Gasteiger partial charge on any atom is -0.491 e. The van der Waals surface area contributed by atoms with Gasteiger partial charge in [0.25, 0.3) is 5.91 Å². The van der Waals surface area contributed by atoms with Crippen molar-refractivity contribution in [3.8, 4) is 5.75 Å². The van der Waals surface area contributed by atoms with E-state index >= 15 is 0 Å². The molecule has 0 saturated carbocycles. The van der Waals surface area contributed by atoms with Gasteiger partial charge in [-0.25, -0.2) is 4.79 Å². The molecule has 8 nitrogen and oxygen atoms in total. The van der Waals surface area contributed by atoms with Crippen LogP contribution in [0.15, 0.2) is 66.9 Å². The van der Waals surface area contributed by atoms with Gasteiger partial charge in [0.1, 0.15) is 18.4 Å². The number of carbonyl (C=O) groups is 2. The van der Waals surface area contributed by atoms with Gasteiger partial charge in [-0.05, 0) is 59.9 Å². The summed E-state index contributed by atoms with van der Waals surface area (Å²) < 4.78 is 12.0. The molecule has 1 fully saturated rings. The molecule has 1 amide bonds. The zero-order valence-corrected chi connectivity index (χ0v) is 21.4. The van der Waals surface area contributed by atoms with Crippen molar-refractivity contribution >= 4 is 11.9 Å². The molecule has 198 valence electrons. The van der Waals surface area contributed by atoms with E-state index < -0.39 is 12.0 Å². The monoisotopic (exact) mass is 515 g/mol.